The number of aliphatic hydroxyl groups is 1. The molecular weight excluding hydrogens is 420 g/mol. The molecule has 1 aliphatic rings. The van der Waals surface area contributed by atoms with Crippen LogP contribution < -0.4 is 4.72 Å². The van der Waals surface area contributed by atoms with Crippen LogP contribution in [0.2, 0.25) is 0 Å². The number of rotatable bonds is 7. The fourth-order valence-electron chi connectivity index (χ4n) is 3.59. The molecule has 31 heavy (non-hydrogen) atoms. The Morgan fingerprint density at radius 3 is 2.65 bits per heavy atom. The van der Waals surface area contributed by atoms with E-state index < -0.39 is 22.2 Å². The number of hydrogen-bond donors (Lipinski definition) is 3. The number of aromatic hydroxyl groups is 1. The molecule has 0 amide bonds. The maximum atomic E-state index is 12.4. The van der Waals surface area contributed by atoms with Crippen LogP contribution in [0.4, 0.5) is 0 Å². The Hall–Kier alpha value is -2.72. The van der Waals surface area contributed by atoms with Crippen LogP contribution in [-0.2, 0) is 21.2 Å². The number of benzene rings is 2. The van der Waals surface area contributed by atoms with E-state index in [-0.39, 0.29) is 23.3 Å². The lowest BCUT2D eigenvalue weighted by Gasteiger charge is -2.33. The maximum absolute atomic E-state index is 12.4. The molecule has 0 saturated carbocycles. The van der Waals surface area contributed by atoms with Gasteiger partial charge in [0.2, 0.25) is 10.0 Å². The molecule has 1 fully saturated rings. The first-order valence-corrected chi connectivity index (χ1v) is 11.5. The zero-order chi connectivity index (χ0) is 21.8. The Morgan fingerprint density at radius 1 is 1.06 bits per heavy atom. The first-order chi connectivity index (χ1) is 14.9. The van der Waals surface area contributed by atoms with Crippen LogP contribution in [0.3, 0.4) is 0 Å². The number of ether oxygens (including phenoxy) is 1. The number of aliphatic hydroxyl groups excluding tert-OH is 1. The molecule has 8 nitrogen and oxygen atoms in total. The van der Waals surface area contributed by atoms with E-state index in [1.165, 1.54) is 12.1 Å². The zero-order valence-electron chi connectivity index (χ0n) is 16.7. The van der Waals surface area contributed by atoms with Crippen molar-refractivity contribution in [3.63, 3.8) is 0 Å². The van der Waals surface area contributed by atoms with Crippen molar-refractivity contribution in [3.8, 4) is 17.1 Å². The minimum atomic E-state index is -3.68. The summed E-state index contributed by atoms with van der Waals surface area (Å²) in [7, 11) is -3.68. The van der Waals surface area contributed by atoms with Gasteiger partial charge in [-0.2, -0.15) is 0 Å². The SMILES string of the molecule is O=S(=O)(NCC1OC(Cc2cc(-c3cccc(O)c3)on2)CCC1O)c1ccccc1. The van der Waals surface area contributed by atoms with Crippen molar-refractivity contribution < 1.29 is 27.9 Å². The summed E-state index contributed by atoms with van der Waals surface area (Å²) in [6, 6.07) is 16.6. The quantitative estimate of drug-likeness (QED) is 0.512. The molecule has 9 heteroatoms. The molecular formula is C22H24N2O6S. The molecule has 164 valence electrons. The fraction of sp³-hybridized carbons (Fsp3) is 0.318. The minimum absolute atomic E-state index is 0.0255. The Labute approximate surface area is 180 Å². The average molecular weight is 445 g/mol. The Bertz CT molecular complexity index is 1120. The third kappa shape index (κ3) is 5.31. The van der Waals surface area contributed by atoms with E-state index in [1.807, 2.05) is 6.07 Å². The smallest absolute Gasteiger partial charge is 0.240 e. The van der Waals surface area contributed by atoms with Gasteiger partial charge in [0.15, 0.2) is 5.76 Å². The molecule has 1 aliphatic heterocycles. The number of phenolic OH excluding ortho intramolecular Hbond substituents is 1. The molecule has 3 N–H and O–H groups in total. The van der Waals surface area contributed by atoms with E-state index in [9.17, 15) is 18.6 Å². The number of hydrogen-bond acceptors (Lipinski definition) is 7. The van der Waals surface area contributed by atoms with Gasteiger partial charge in [0.25, 0.3) is 0 Å². The minimum Gasteiger partial charge on any atom is -0.508 e. The molecule has 1 aromatic heterocycles. The molecule has 1 saturated heterocycles. The van der Waals surface area contributed by atoms with Gasteiger partial charge in [0.1, 0.15) is 5.75 Å². The molecule has 3 aromatic rings. The second-order valence-corrected chi connectivity index (χ2v) is 9.31. The summed E-state index contributed by atoms with van der Waals surface area (Å²) in [4.78, 5) is 0.166. The third-order valence-electron chi connectivity index (χ3n) is 5.24. The standard InChI is InChI=1S/C22H24N2O6S/c25-17-6-4-5-15(11-17)21-13-16(24-30-21)12-18-9-10-20(26)22(29-18)14-23-31(27,28)19-7-2-1-3-8-19/h1-8,11,13,18,20,22-23,25-26H,9-10,12,14H2. The molecule has 0 aliphatic carbocycles. The topological polar surface area (TPSA) is 122 Å². The van der Waals surface area contributed by atoms with Crippen molar-refractivity contribution in [2.75, 3.05) is 6.54 Å². The Morgan fingerprint density at radius 2 is 1.87 bits per heavy atom. The summed E-state index contributed by atoms with van der Waals surface area (Å²) in [5.74, 6) is 0.676. The van der Waals surface area contributed by atoms with Crippen LogP contribution in [0.1, 0.15) is 18.5 Å². The Kier molecular flexibility index (Phi) is 6.38. The fourth-order valence-corrected chi connectivity index (χ4v) is 4.66. The van der Waals surface area contributed by atoms with Crippen molar-refractivity contribution in [2.45, 2.75) is 42.5 Å². The summed E-state index contributed by atoms with van der Waals surface area (Å²) < 4.78 is 38.7. The molecule has 0 spiro atoms. The zero-order valence-corrected chi connectivity index (χ0v) is 17.5. The lowest BCUT2D eigenvalue weighted by molar-refractivity contribution is -0.113. The average Bonchev–Trinajstić information content (AvgIpc) is 3.23. The number of nitrogens with one attached hydrogen (secondary N) is 1. The highest BCUT2D eigenvalue weighted by molar-refractivity contribution is 7.89. The third-order valence-corrected chi connectivity index (χ3v) is 6.67. The van der Waals surface area contributed by atoms with Crippen LogP contribution in [-0.4, -0.2) is 48.6 Å². The van der Waals surface area contributed by atoms with Crippen LogP contribution >= 0.6 is 0 Å². The van der Waals surface area contributed by atoms with Gasteiger partial charge in [0, 0.05) is 24.6 Å². The van der Waals surface area contributed by atoms with Gasteiger partial charge >= 0.3 is 0 Å². The number of nitrogens with zero attached hydrogens (tertiary/aromatic N) is 1. The van der Waals surface area contributed by atoms with E-state index >= 15 is 0 Å². The van der Waals surface area contributed by atoms with E-state index in [0.29, 0.717) is 36.3 Å². The molecule has 0 radical (unpaired) electrons. The van der Waals surface area contributed by atoms with Gasteiger partial charge in [-0.05, 0) is 37.1 Å². The predicted molar refractivity (Wildman–Crippen MR) is 113 cm³/mol. The molecule has 3 unspecified atom stereocenters. The number of aromatic nitrogens is 1. The van der Waals surface area contributed by atoms with Crippen molar-refractivity contribution in [2.24, 2.45) is 0 Å². The van der Waals surface area contributed by atoms with Crippen molar-refractivity contribution >= 4 is 10.0 Å². The van der Waals surface area contributed by atoms with Gasteiger partial charge in [-0.25, -0.2) is 13.1 Å². The second kappa shape index (κ2) is 9.19. The van der Waals surface area contributed by atoms with Gasteiger partial charge in [0.05, 0.1) is 28.9 Å². The number of sulfonamides is 1. The summed E-state index contributed by atoms with van der Waals surface area (Å²) in [5, 5.41) is 24.0. The lowest BCUT2D eigenvalue weighted by Crippen LogP contribution is -2.46. The monoisotopic (exact) mass is 444 g/mol. The largest absolute Gasteiger partial charge is 0.508 e. The summed E-state index contributed by atoms with van der Waals surface area (Å²) in [5.41, 5.74) is 1.40. The molecule has 0 bridgehead atoms. The van der Waals surface area contributed by atoms with E-state index in [0.717, 1.165) is 0 Å². The van der Waals surface area contributed by atoms with Gasteiger partial charge in [-0.15, -0.1) is 0 Å². The predicted octanol–water partition coefficient (Wildman–Crippen LogP) is 2.48. The first kappa shape index (κ1) is 21.5. The summed E-state index contributed by atoms with van der Waals surface area (Å²) >= 11 is 0. The number of phenols is 1. The van der Waals surface area contributed by atoms with E-state index in [2.05, 4.69) is 9.88 Å². The van der Waals surface area contributed by atoms with Crippen molar-refractivity contribution in [1.82, 2.24) is 9.88 Å². The van der Waals surface area contributed by atoms with E-state index in [1.54, 1.807) is 42.5 Å². The van der Waals surface area contributed by atoms with Gasteiger partial charge < -0.3 is 19.5 Å². The maximum Gasteiger partial charge on any atom is 0.240 e. The Balaban J connectivity index is 1.37. The van der Waals surface area contributed by atoms with Crippen LogP contribution in [0.15, 0.2) is 70.1 Å². The van der Waals surface area contributed by atoms with Gasteiger partial charge in [-0.1, -0.05) is 35.5 Å². The first-order valence-electron chi connectivity index (χ1n) is 10.0. The van der Waals surface area contributed by atoms with Crippen molar-refractivity contribution in [1.29, 1.82) is 0 Å². The summed E-state index contributed by atoms with van der Waals surface area (Å²) in [6.45, 7) is -0.0255. The second-order valence-electron chi connectivity index (χ2n) is 7.54. The summed E-state index contributed by atoms with van der Waals surface area (Å²) in [6.07, 6.45) is -0.0463. The highest BCUT2D eigenvalue weighted by Crippen LogP contribution is 2.27. The van der Waals surface area contributed by atoms with Gasteiger partial charge in [-0.3, -0.25) is 0 Å². The molecule has 2 aromatic carbocycles. The van der Waals surface area contributed by atoms with Crippen LogP contribution in [0.5, 0.6) is 5.75 Å². The van der Waals surface area contributed by atoms with Crippen molar-refractivity contribution in [3.05, 3.63) is 66.4 Å². The van der Waals surface area contributed by atoms with Crippen LogP contribution in [0.25, 0.3) is 11.3 Å². The molecule has 2 heterocycles. The lowest BCUT2D eigenvalue weighted by atomic mass is 9.98. The van der Waals surface area contributed by atoms with Crippen LogP contribution in [0, 0.1) is 0 Å². The highest BCUT2D eigenvalue weighted by Gasteiger charge is 2.31. The molecule has 4 rings (SSSR count). The molecule has 3 atom stereocenters. The highest BCUT2D eigenvalue weighted by atomic mass is 32.2. The normalized spacial score (nSPS) is 21.8. The van der Waals surface area contributed by atoms with E-state index in [4.69, 9.17) is 9.26 Å².